The van der Waals surface area contributed by atoms with Crippen LogP contribution in [0.5, 0.6) is 5.75 Å². The van der Waals surface area contributed by atoms with Gasteiger partial charge in [0.25, 0.3) is 0 Å². The number of hydrogen-bond acceptors (Lipinski definition) is 3. The Bertz CT molecular complexity index is 902. The Hall–Kier alpha value is -2.89. The summed E-state index contributed by atoms with van der Waals surface area (Å²) in [6.07, 6.45) is 0.584. The van der Waals surface area contributed by atoms with Gasteiger partial charge in [-0.1, -0.05) is 18.2 Å². The van der Waals surface area contributed by atoms with Crippen LogP contribution in [-0.4, -0.2) is 22.7 Å². The lowest BCUT2D eigenvalue weighted by atomic mass is 10.1. The van der Waals surface area contributed by atoms with Crippen LogP contribution in [0.4, 0.5) is 9.18 Å². The van der Waals surface area contributed by atoms with Crippen LogP contribution in [0.2, 0.25) is 0 Å². The van der Waals surface area contributed by atoms with Crippen molar-refractivity contribution in [3.63, 3.8) is 0 Å². The molecule has 1 aliphatic heterocycles. The number of carbonyl (C=O) groups is 1. The summed E-state index contributed by atoms with van der Waals surface area (Å²) in [6.45, 7) is 0. The zero-order chi connectivity index (χ0) is 16.0. The third-order valence-corrected chi connectivity index (χ3v) is 4.06. The lowest BCUT2D eigenvalue weighted by Crippen LogP contribution is -2.23. The number of ether oxygens (including phenoxy) is 1. The Balaban J connectivity index is 1.72. The lowest BCUT2D eigenvalue weighted by molar-refractivity contribution is 0.245. The summed E-state index contributed by atoms with van der Waals surface area (Å²) in [5, 5.41) is 2.86. The summed E-state index contributed by atoms with van der Waals surface area (Å²) in [6, 6.07) is 11.6. The van der Waals surface area contributed by atoms with E-state index < -0.39 is 5.82 Å². The van der Waals surface area contributed by atoms with Crippen LogP contribution in [-0.2, 0) is 6.42 Å². The van der Waals surface area contributed by atoms with Crippen molar-refractivity contribution < 1.29 is 13.9 Å². The molecule has 1 atom stereocenters. The predicted molar refractivity (Wildman–Crippen MR) is 83.1 cm³/mol. The number of rotatable bonds is 3. The molecular formula is C17H14FN3O2. The number of hydrogen-bond donors (Lipinski definition) is 1. The van der Waals surface area contributed by atoms with E-state index in [2.05, 4.69) is 10.3 Å². The Kier molecular flexibility index (Phi) is 3.04. The number of imidazole rings is 1. The van der Waals surface area contributed by atoms with Gasteiger partial charge in [-0.05, 0) is 36.2 Å². The van der Waals surface area contributed by atoms with Crippen LogP contribution in [0.3, 0.4) is 0 Å². The number of aromatic nitrogens is 2. The summed E-state index contributed by atoms with van der Waals surface area (Å²) < 4.78 is 20.5. The van der Waals surface area contributed by atoms with Crippen molar-refractivity contribution in [2.75, 3.05) is 7.11 Å². The Labute approximate surface area is 131 Å². The van der Waals surface area contributed by atoms with Gasteiger partial charge in [-0.25, -0.2) is 18.7 Å². The van der Waals surface area contributed by atoms with Gasteiger partial charge < -0.3 is 10.1 Å². The highest BCUT2D eigenvalue weighted by Crippen LogP contribution is 2.29. The number of amides is 1. The van der Waals surface area contributed by atoms with Crippen LogP contribution in [0.15, 0.2) is 42.5 Å². The van der Waals surface area contributed by atoms with Gasteiger partial charge in [0.2, 0.25) is 0 Å². The van der Waals surface area contributed by atoms with E-state index in [1.807, 2.05) is 24.3 Å². The molecular weight excluding hydrogens is 297 g/mol. The van der Waals surface area contributed by atoms with Crippen LogP contribution in [0.25, 0.3) is 11.0 Å². The second-order valence-electron chi connectivity index (χ2n) is 5.47. The number of methoxy groups -OCH3 is 1. The molecule has 0 bridgehead atoms. The predicted octanol–water partition coefficient (Wildman–Crippen LogP) is 3.04. The maximum absolute atomic E-state index is 14.0. The molecule has 6 heteroatoms. The second kappa shape index (κ2) is 5.08. The van der Waals surface area contributed by atoms with Crippen molar-refractivity contribution in [3.05, 3.63) is 59.7 Å². The zero-order valence-corrected chi connectivity index (χ0v) is 12.4. The van der Waals surface area contributed by atoms with E-state index in [1.54, 1.807) is 19.2 Å². The van der Waals surface area contributed by atoms with Crippen molar-refractivity contribution in [1.29, 1.82) is 0 Å². The first-order valence-electron chi connectivity index (χ1n) is 7.28. The van der Waals surface area contributed by atoms with Gasteiger partial charge in [0, 0.05) is 0 Å². The average Bonchev–Trinajstić information content (AvgIpc) is 3.08. The summed E-state index contributed by atoms with van der Waals surface area (Å²) in [5.74, 6) is 0.880. The largest absolute Gasteiger partial charge is 0.497 e. The SMILES string of the molecule is COc1ccc(C[C@H]2NC(=O)n3c2nc2cccc(F)c23)cc1. The van der Waals surface area contributed by atoms with Crippen molar-refractivity contribution in [3.8, 4) is 5.75 Å². The molecule has 116 valence electrons. The molecule has 0 aliphatic carbocycles. The first-order valence-corrected chi connectivity index (χ1v) is 7.28. The molecule has 5 nitrogen and oxygen atoms in total. The third-order valence-electron chi connectivity index (χ3n) is 4.06. The molecule has 0 fully saturated rings. The molecule has 23 heavy (non-hydrogen) atoms. The Morgan fingerprint density at radius 2 is 2.04 bits per heavy atom. The van der Waals surface area contributed by atoms with Gasteiger partial charge in [-0.2, -0.15) is 0 Å². The molecule has 2 aromatic carbocycles. The van der Waals surface area contributed by atoms with Crippen LogP contribution in [0, 0.1) is 5.82 Å². The molecule has 3 aromatic rings. The quantitative estimate of drug-likeness (QED) is 0.809. The second-order valence-corrected chi connectivity index (χ2v) is 5.47. The van der Waals surface area contributed by atoms with Crippen molar-refractivity contribution >= 4 is 17.1 Å². The van der Waals surface area contributed by atoms with E-state index in [0.29, 0.717) is 17.8 Å². The molecule has 4 rings (SSSR count). The average molecular weight is 311 g/mol. The van der Waals surface area contributed by atoms with E-state index >= 15 is 0 Å². The van der Waals surface area contributed by atoms with Crippen LogP contribution in [0.1, 0.15) is 17.4 Å². The fourth-order valence-electron chi connectivity index (χ4n) is 2.96. The highest BCUT2D eigenvalue weighted by atomic mass is 19.1. The zero-order valence-electron chi connectivity index (χ0n) is 12.4. The topological polar surface area (TPSA) is 56.1 Å². The van der Waals surface area contributed by atoms with Crippen molar-refractivity contribution in [2.45, 2.75) is 12.5 Å². The molecule has 0 radical (unpaired) electrons. The van der Waals surface area contributed by atoms with Crippen LogP contribution < -0.4 is 10.1 Å². The lowest BCUT2D eigenvalue weighted by Gasteiger charge is -2.09. The highest BCUT2D eigenvalue weighted by molar-refractivity contribution is 5.92. The number of nitrogens with one attached hydrogen (secondary N) is 1. The van der Waals surface area contributed by atoms with Crippen LogP contribution >= 0.6 is 0 Å². The van der Waals surface area contributed by atoms with Gasteiger partial charge in [0.1, 0.15) is 22.9 Å². The molecule has 1 amide bonds. The molecule has 0 spiro atoms. The first kappa shape index (κ1) is 13.8. The van der Waals surface area contributed by atoms with Gasteiger partial charge in [0.15, 0.2) is 0 Å². The minimum absolute atomic E-state index is 0.234. The minimum Gasteiger partial charge on any atom is -0.497 e. The fraction of sp³-hybridized carbons (Fsp3) is 0.176. The minimum atomic E-state index is -0.443. The molecule has 0 unspecified atom stereocenters. The summed E-state index contributed by atoms with van der Waals surface area (Å²) in [4.78, 5) is 16.6. The Morgan fingerprint density at radius 3 is 2.78 bits per heavy atom. The molecule has 0 saturated heterocycles. The molecule has 1 aromatic heterocycles. The molecule has 2 heterocycles. The Morgan fingerprint density at radius 1 is 1.26 bits per heavy atom. The summed E-state index contributed by atoms with van der Waals surface area (Å²) >= 11 is 0. The number of para-hydroxylation sites is 1. The van der Waals surface area contributed by atoms with Gasteiger partial charge in [-0.3, -0.25) is 0 Å². The smallest absolute Gasteiger partial charge is 0.328 e. The number of nitrogens with zero attached hydrogens (tertiary/aromatic N) is 2. The van der Waals surface area contributed by atoms with E-state index in [4.69, 9.17) is 4.74 Å². The highest BCUT2D eigenvalue weighted by Gasteiger charge is 2.33. The third kappa shape index (κ3) is 2.14. The monoisotopic (exact) mass is 311 g/mol. The normalized spacial score (nSPS) is 16.4. The number of benzene rings is 2. The molecule has 1 aliphatic rings. The van der Waals surface area contributed by atoms with Gasteiger partial charge in [0.05, 0.1) is 18.7 Å². The van der Waals surface area contributed by atoms with Gasteiger partial charge >= 0.3 is 6.03 Å². The number of carbonyl (C=O) groups excluding carboxylic acids is 1. The first-order chi connectivity index (χ1) is 11.2. The summed E-state index contributed by atoms with van der Waals surface area (Å²) in [7, 11) is 1.61. The van der Waals surface area contributed by atoms with Gasteiger partial charge in [-0.15, -0.1) is 0 Å². The van der Waals surface area contributed by atoms with Crippen molar-refractivity contribution in [2.24, 2.45) is 0 Å². The maximum Gasteiger partial charge on any atom is 0.328 e. The van der Waals surface area contributed by atoms with E-state index in [1.165, 1.54) is 10.6 Å². The maximum atomic E-state index is 14.0. The fourth-order valence-corrected chi connectivity index (χ4v) is 2.96. The van der Waals surface area contributed by atoms with E-state index in [9.17, 15) is 9.18 Å². The molecule has 1 N–H and O–H groups in total. The van der Waals surface area contributed by atoms with Crippen molar-refractivity contribution in [1.82, 2.24) is 14.9 Å². The molecule has 0 saturated carbocycles. The standard InChI is InChI=1S/C17H14FN3O2/c1-23-11-7-5-10(6-8-11)9-14-16-19-13-4-2-3-12(18)15(13)21(16)17(22)20-14/h2-8,14H,9H2,1H3,(H,20,22)/t14-/m1/s1. The number of halogens is 1. The summed E-state index contributed by atoms with van der Waals surface area (Å²) in [5.41, 5.74) is 1.77. The number of fused-ring (bicyclic) bond motifs is 3. The van der Waals surface area contributed by atoms with E-state index in [0.717, 1.165) is 11.3 Å². The van der Waals surface area contributed by atoms with E-state index in [-0.39, 0.29) is 17.6 Å².